The molecule has 6 heteroatoms. The lowest BCUT2D eigenvalue weighted by molar-refractivity contribution is 0.442. The maximum Gasteiger partial charge on any atom is 0.182 e. The van der Waals surface area contributed by atoms with Gasteiger partial charge < -0.3 is 10.8 Å². The molecule has 1 aromatic rings. The Kier molecular flexibility index (Phi) is 3.31. The van der Waals surface area contributed by atoms with Crippen molar-refractivity contribution in [3.8, 4) is 5.75 Å². The van der Waals surface area contributed by atoms with Crippen LogP contribution in [-0.4, -0.2) is 26.3 Å². The first-order valence-corrected chi connectivity index (χ1v) is 6.17. The zero-order valence-corrected chi connectivity index (χ0v) is 9.01. The summed E-state index contributed by atoms with van der Waals surface area (Å²) in [6, 6.07) is 2.48. The second-order valence-corrected chi connectivity index (χ2v) is 5.15. The normalized spacial score (nSPS) is 11.7. The third kappa shape index (κ3) is 2.45. The van der Waals surface area contributed by atoms with Gasteiger partial charge in [-0.1, -0.05) is 6.07 Å². The molecule has 15 heavy (non-hydrogen) atoms. The van der Waals surface area contributed by atoms with Gasteiger partial charge in [-0.05, 0) is 24.6 Å². The van der Waals surface area contributed by atoms with Crippen LogP contribution in [0.15, 0.2) is 17.0 Å². The van der Waals surface area contributed by atoms with Crippen LogP contribution in [-0.2, 0) is 16.3 Å². The Morgan fingerprint density at radius 2 is 2.07 bits per heavy atom. The van der Waals surface area contributed by atoms with Crippen molar-refractivity contribution in [2.75, 3.05) is 12.8 Å². The molecule has 1 aromatic carbocycles. The van der Waals surface area contributed by atoms with Crippen molar-refractivity contribution in [3.05, 3.63) is 23.5 Å². The molecule has 0 atom stereocenters. The van der Waals surface area contributed by atoms with Crippen LogP contribution in [0.25, 0.3) is 0 Å². The van der Waals surface area contributed by atoms with Gasteiger partial charge in [0.1, 0.15) is 16.5 Å². The Morgan fingerprint density at radius 3 is 2.53 bits per heavy atom. The molecule has 0 saturated heterocycles. The molecule has 0 spiro atoms. The molecule has 0 unspecified atom stereocenters. The Morgan fingerprint density at radius 1 is 1.47 bits per heavy atom. The number of sulfone groups is 1. The summed E-state index contributed by atoms with van der Waals surface area (Å²) in [7, 11) is -3.77. The molecular weight excluding hydrogens is 221 g/mol. The average Bonchev–Trinajstić information content (AvgIpc) is 2.08. The lowest BCUT2D eigenvalue weighted by Gasteiger charge is -2.07. The van der Waals surface area contributed by atoms with Crippen molar-refractivity contribution in [2.24, 2.45) is 5.73 Å². The van der Waals surface area contributed by atoms with Crippen LogP contribution in [0, 0.1) is 5.82 Å². The fourth-order valence-corrected chi connectivity index (χ4v) is 2.19. The highest BCUT2D eigenvalue weighted by molar-refractivity contribution is 7.90. The number of phenols is 1. The summed E-state index contributed by atoms with van der Waals surface area (Å²) < 4.78 is 36.0. The maximum absolute atomic E-state index is 13.6. The van der Waals surface area contributed by atoms with Crippen molar-refractivity contribution in [1.29, 1.82) is 0 Å². The van der Waals surface area contributed by atoms with E-state index in [1.54, 1.807) is 0 Å². The second-order valence-electron chi connectivity index (χ2n) is 3.20. The Hall–Kier alpha value is -1.14. The molecule has 84 valence electrons. The zero-order chi connectivity index (χ0) is 11.6. The van der Waals surface area contributed by atoms with E-state index in [0.717, 1.165) is 12.3 Å². The summed E-state index contributed by atoms with van der Waals surface area (Å²) in [5.74, 6) is -1.49. The van der Waals surface area contributed by atoms with E-state index in [1.807, 2.05) is 0 Å². The topological polar surface area (TPSA) is 80.4 Å². The second kappa shape index (κ2) is 4.16. The third-order valence-corrected chi connectivity index (χ3v) is 3.07. The molecule has 0 aromatic heterocycles. The molecule has 0 aliphatic rings. The van der Waals surface area contributed by atoms with Gasteiger partial charge in [0.15, 0.2) is 9.84 Å². The van der Waals surface area contributed by atoms with Crippen LogP contribution in [0.3, 0.4) is 0 Å². The minimum Gasteiger partial charge on any atom is -0.506 e. The first kappa shape index (κ1) is 11.9. The van der Waals surface area contributed by atoms with Crippen molar-refractivity contribution < 1.29 is 17.9 Å². The summed E-state index contributed by atoms with van der Waals surface area (Å²) in [5.41, 5.74) is 5.44. The number of hydrogen-bond acceptors (Lipinski definition) is 4. The monoisotopic (exact) mass is 233 g/mol. The summed E-state index contributed by atoms with van der Waals surface area (Å²) in [5, 5.41) is 9.27. The highest BCUT2D eigenvalue weighted by atomic mass is 32.2. The SMILES string of the molecule is CS(=O)(=O)c1c(O)ccc(CCN)c1F. The number of aromatic hydroxyl groups is 1. The third-order valence-electron chi connectivity index (χ3n) is 1.94. The number of benzene rings is 1. The van der Waals surface area contributed by atoms with Crippen LogP contribution >= 0.6 is 0 Å². The highest BCUT2D eigenvalue weighted by Crippen LogP contribution is 2.27. The summed E-state index contributed by atoms with van der Waals surface area (Å²) in [6.07, 6.45) is 1.08. The quantitative estimate of drug-likeness (QED) is 0.793. The predicted molar refractivity (Wildman–Crippen MR) is 53.9 cm³/mol. The van der Waals surface area contributed by atoms with E-state index in [0.29, 0.717) is 0 Å². The lowest BCUT2D eigenvalue weighted by atomic mass is 10.1. The lowest BCUT2D eigenvalue weighted by Crippen LogP contribution is -2.08. The summed E-state index contributed by atoms with van der Waals surface area (Å²) in [6.45, 7) is 0.213. The average molecular weight is 233 g/mol. The Labute approximate surface area is 87.5 Å². The van der Waals surface area contributed by atoms with E-state index in [1.165, 1.54) is 6.07 Å². The maximum atomic E-state index is 13.6. The molecule has 0 heterocycles. The number of rotatable bonds is 3. The molecular formula is C9H12FNO3S. The summed E-state index contributed by atoms with van der Waals surface area (Å²) in [4.78, 5) is -0.659. The van der Waals surface area contributed by atoms with Gasteiger partial charge in [0.05, 0.1) is 0 Å². The van der Waals surface area contributed by atoms with Crippen molar-refractivity contribution >= 4 is 9.84 Å². The minimum absolute atomic E-state index is 0.190. The smallest absolute Gasteiger partial charge is 0.182 e. The van der Waals surface area contributed by atoms with Gasteiger partial charge in [-0.25, -0.2) is 12.8 Å². The predicted octanol–water partition coefficient (Wildman–Crippen LogP) is 0.436. The standard InChI is InChI=1S/C9H12FNO3S/c1-15(13,14)9-7(12)3-2-6(4-5-11)8(9)10/h2-3,12H,4-5,11H2,1H3. The van der Waals surface area contributed by atoms with E-state index in [9.17, 15) is 17.9 Å². The van der Waals surface area contributed by atoms with Gasteiger partial charge >= 0.3 is 0 Å². The molecule has 4 nitrogen and oxygen atoms in total. The molecule has 0 saturated carbocycles. The van der Waals surface area contributed by atoms with Crippen LogP contribution in [0.5, 0.6) is 5.75 Å². The number of hydrogen-bond donors (Lipinski definition) is 2. The van der Waals surface area contributed by atoms with Gasteiger partial charge in [0.25, 0.3) is 0 Å². The number of nitrogens with two attached hydrogens (primary N) is 1. The fraction of sp³-hybridized carbons (Fsp3) is 0.333. The molecule has 1 rings (SSSR count). The van der Waals surface area contributed by atoms with Crippen molar-refractivity contribution in [1.82, 2.24) is 0 Å². The van der Waals surface area contributed by atoms with E-state index in [2.05, 4.69) is 0 Å². The van der Waals surface area contributed by atoms with Gasteiger partial charge in [0.2, 0.25) is 0 Å². The summed E-state index contributed by atoms with van der Waals surface area (Å²) >= 11 is 0. The zero-order valence-electron chi connectivity index (χ0n) is 8.20. The van der Waals surface area contributed by atoms with E-state index in [-0.39, 0.29) is 18.5 Å². The molecule has 0 aliphatic carbocycles. The number of halogens is 1. The van der Waals surface area contributed by atoms with E-state index >= 15 is 0 Å². The Bertz CT molecular complexity index is 470. The largest absolute Gasteiger partial charge is 0.506 e. The van der Waals surface area contributed by atoms with Crippen molar-refractivity contribution in [3.63, 3.8) is 0 Å². The molecule has 0 bridgehead atoms. The van der Waals surface area contributed by atoms with Crippen LogP contribution < -0.4 is 5.73 Å². The van der Waals surface area contributed by atoms with E-state index in [4.69, 9.17) is 5.73 Å². The molecule has 0 amide bonds. The first-order valence-electron chi connectivity index (χ1n) is 4.28. The molecule has 0 aliphatic heterocycles. The molecule has 0 radical (unpaired) electrons. The van der Waals surface area contributed by atoms with Crippen LogP contribution in [0.4, 0.5) is 4.39 Å². The van der Waals surface area contributed by atoms with E-state index < -0.39 is 26.3 Å². The highest BCUT2D eigenvalue weighted by Gasteiger charge is 2.21. The Balaban J connectivity index is 3.44. The van der Waals surface area contributed by atoms with Gasteiger partial charge in [-0.3, -0.25) is 0 Å². The van der Waals surface area contributed by atoms with Crippen LogP contribution in [0.2, 0.25) is 0 Å². The molecule has 3 N–H and O–H groups in total. The van der Waals surface area contributed by atoms with Crippen LogP contribution in [0.1, 0.15) is 5.56 Å². The van der Waals surface area contributed by atoms with Crippen molar-refractivity contribution in [2.45, 2.75) is 11.3 Å². The molecule has 0 fully saturated rings. The number of phenolic OH excluding ortho intramolecular Hbond substituents is 1. The van der Waals surface area contributed by atoms with Gasteiger partial charge in [-0.2, -0.15) is 0 Å². The van der Waals surface area contributed by atoms with Gasteiger partial charge in [-0.15, -0.1) is 0 Å². The first-order chi connectivity index (χ1) is 6.88. The minimum atomic E-state index is -3.77. The fourth-order valence-electron chi connectivity index (χ4n) is 1.29. The van der Waals surface area contributed by atoms with Gasteiger partial charge in [0, 0.05) is 6.26 Å².